The zero-order chi connectivity index (χ0) is 22.6. The number of hydrogen-bond donors (Lipinski definition) is 1. The topological polar surface area (TPSA) is 46.5 Å². The zero-order valence-electron chi connectivity index (χ0n) is 17.2. The summed E-state index contributed by atoms with van der Waals surface area (Å²) >= 11 is 0. The maximum atomic E-state index is 12.7. The van der Waals surface area contributed by atoms with Crippen LogP contribution in [0.2, 0.25) is 0 Å². The lowest BCUT2D eigenvalue weighted by molar-refractivity contribution is -0.138. The van der Waals surface area contributed by atoms with Crippen molar-refractivity contribution in [1.82, 2.24) is 0 Å². The van der Waals surface area contributed by atoms with Crippen molar-refractivity contribution in [2.24, 2.45) is 0 Å². The Morgan fingerprint density at radius 3 is 2.10 bits per heavy atom. The lowest BCUT2D eigenvalue weighted by Gasteiger charge is -2.15. The second-order valence-electron chi connectivity index (χ2n) is 7.66. The monoisotopic (exact) mass is 428 g/mol. The highest BCUT2D eigenvalue weighted by atomic mass is 19.4. The number of carboxylic acid groups (broad SMARTS) is 1. The van der Waals surface area contributed by atoms with Gasteiger partial charge < -0.3 is 9.84 Å². The van der Waals surface area contributed by atoms with Gasteiger partial charge in [-0.05, 0) is 52.4 Å². The molecule has 0 aliphatic carbocycles. The van der Waals surface area contributed by atoms with Gasteiger partial charge >= 0.3 is 12.1 Å². The van der Waals surface area contributed by atoms with Crippen LogP contribution in [0.25, 0.3) is 11.1 Å². The first-order valence-corrected chi connectivity index (χ1v) is 9.87. The van der Waals surface area contributed by atoms with Crippen LogP contribution >= 0.6 is 0 Å². The summed E-state index contributed by atoms with van der Waals surface area (Å²) in [6.07, 6.45) is -4.50. The molecule has 0 unspecified atom stereocenters. The molecule has 0 heterocycles. The molecule has 0 spiro atoms. The maximum Gasteiger partial charge on any atom is 0.416 e. The smallest absolute Gasteiger partial charge is 0.416 e. The summed E-state index contributed by atoms with van der Waals surface area (Å²) in [5, 5.41) is 9.12. The Hall–Kier alpha value is -3.28. The number of rotatable bonds is 7. The molecule has 6 heteroatoms. The SMILES string of the molecule is CC(C)c1ccc(-c2cc(CC(=O)O)ccc2OCc2ccc(C(F)(F)F)cc2)cc1. The van der Waals surface area contributed by atoms with E-state index in [1.54, 1.807) is 18.2 Å². The molecule has 0 aliphatic rings. The molecular formula is C25H23F3O3. The summed E-state index contributed by atoms with van der Waals surface area (Å²) in [5.74, 6) is -0.0198. The largest absolute Gasteiger partial charge is 0.488 e. The minimum atomic E-state index is -4.38. The van der Waals surface area contributed by atoms with Crippen LogP contribution in [0.1, 0.15) is 42.0 Å². The molecule has 0 saturated heterocycles. The van der Waals surface area contributed by atoms with Crippen molar-refractivity contribution >= 4 is 5.97 Å². The Bertz CT molecular complexity index is 1040. The summed E-state index contributed by atoms with van der Waals surface area (Å²) in [6, 6.07) is 17.9. The molecular weight excluding hydrogens is 405 g/mol. The van der Waals surface area contributed by atoms with Crippen LogP contribution in [0.3, 0.4) is 0 Å². The summed E-state index contributed by atoms with van der Waals surface area (Å²) in [6.45, 7) is 4.29. The van der Waals surface area contributed by atoms with Crippen molar-refractivity contribution in [1.29, 1.82) is 0 Å². The highest BCUT2D eigenvalue weighted by molar-refractivity contribution is 5.75. The van der Waals surface area contributed by atoms with Crippen LogP contribution in [0.4, 0.5) is 13.2 Å². The summed E-state index contributed by atoms with van der Waals surface area (Å²) in [7, 11) is 0. The van der Waals surface area contributed by atoms with Crippen LogP contribution < -0.4 is 4.74 Å². The van der Waals surface area contributed by atoms with Gasteiger partial charge in [-0.25, -0.2) is 0 Å². The van der Waals surface area contributed by atoms with Gasteiger partial charge in [0.2, 0.25) is 0 Å². The average Bonchev–Trinajstić information content (AvgIpc) is 2.72. The molecule has 31 heavy (non-hydrogen) atoms. The third kappa shape index (κ3) is 5.87. The Kier molecular flexibility index (Phi) is 6.68. The molecule has 0 amide bonds. The molecule has 0 atom stereocenters. The average molecular weight is 428 g/mol. The van der Waals surface area contributed by atoms with Crippen LogP contribution in [0.5, 0.6) is 5.75 Å². The number of hydrogen-bond acceptors (Lipinski definition) is 2. The third-order valence-electron chi connectivity index (χ3n) is 4.96. The van der Waals surface area contributed by atoms with Crippen molar-refractivity contribution in [2.75, 3.05) is 0 Å². The quantitative estimate of drug-likeness (QED) is 0.455. The molecule has 3 aromatic rings. The van der Waals surface area contributed by atoms with Crippen LogP contribution in [0.15, 0.2) is 66.7 Å². The van der Waals surface area contributed by atoms with E-state index in [1.807, 2.05) is 24.3 Å². The van der Waals surface area contributed by atoms with E-state index in [2.05, 4.69) is 13.8 Å². The predicted octanol–water partition coefficient (Wildman–Crippen LogP) is 6.70. The first kappa shape index (κ1) is 22.4. The number of aliphatic carboxylic acids is 1. The summed E-state index contributed by atoms with van der Waals surface area (Å²) in [4.78, 5) is 11.1. The van der Waals surface area contributed by atoms with E-state index >= 15 is 0 Å². The van der Waals surface area contributed by atoms with Crippen LogP contribution in [-0.4, -0.2) is 11.1 Å². The molecule has 0 aromatic heterocycles. The van der Waals surface area contributed by atoms with Crippen molar-refractivity contribution in [3.05, 3.63) is 89.0 Å². The molecule has 0 radical (unpaired) electrons. The van der Waals surface area contributed by atoms with Gasteiger partial charge in [0.1, 0.15) is 12.4 Å². The normalized spacial score (nSPS) is 11.5. The third-order valence-corrected chi connectivity index (χ3v) is 4.96. The van der Waals surface area contributed by atoms with Gasteiger partial charge in [0.15, 0.2) is 0 Å². The van der Waals surface area contributed by atoms with Crippen molar-refractivity contribution < 1.29 is 27.8 Å². The van der Waals surface area contributed by atoms with E-state index in [1.165, 1.54) is 17.7 Å². The fraction of sp³-hybridized carbons (Fsp3) is 0.240. The molecule has 3 rings (SSSR count). The molecule has 0 saturated carbocycles. The zero-order valence-corrected chi connectivity index (χ0v) is 17.2. The highest BCUT2D eigenvalue weighted by Crippen LogP contribution is 2.33. The lowest BCUT2D eigenvalue weighted by atomic mass is 9.96. The lowest BCUT2D eigenvalue weighted by Crippen LogP contribution is -2.05. The molecule has 3 nitrogen and oxygen atoms in total. The number of benzene rings is 3. The molecule has 1 N–H and O–H groups in total. The second-order valence-corrected chi connectivity index (χ2v) is 7.66. The van der Waals surface area contributed by atoms with Crippen molar-refractivity contribution in [2.45, 2.75) is 39.0 Å². The molecule has 0 aliphatic heterocycles. The second kappa shape index (κ2) is 9.25. The Morgan fingerprint density at radius 1 is 0.935 bits per heavy atom. The molecule has 0 bridgehead atoms. The number of ether oxygens (including phenoxy) is 1. The van der Waals surface area contributed by atoms with Gasteiger partial charge in [-0.15, -0.1) is 0 Å². The Labute approximate surface area is 179 Å². The van der Waals surface area contributed by atoms with E-state index in [0.717, 1.165) is 23.3 Å². The van der Waals surface area contributed by atoms with Crippen molar-refractivity contribution in [3.8, 4) is 16.9 Å². The molecule has 0 fully saturated rings. The Morgan fingerprint density at radius 2 is 1.55 bits per heavy atom. The number of carboxylic acids is 1. The summed E-state index contributed by atoms with van der Waals surface area (Å²) in [5.41, 5.74) is 3.32. The fourth-order valence-corrected chi connectivity index (χ4v) is 3.21. The van der Waals surface area contributed by atoms with E-state index in [0.29, 0.717) is 22.8 Å². The van der Waals surface area contributed by atoms with Gasteiger partial charge in [-0.2, -0.15) is 13.2 Å². The minimum Gasteiger partial charge on any atom is -0.488 e. The Balaban J connectivity index is 1.87. The van der Waals surface area contributed by atoms with Crippen LogP contribution in [0, 0.1) is 0 Å². The van der Waals surface area contributed by atoms with Gasteiger partial charge in [-0.3, -0.25) is 4.79 Å². The van der Waals surface area contributed by atoms with E-state index in [9.17, 15) is 18.0 Å². The molecule has 162 valence electrons. The number of halogens is 3. The van der Waals surface area contributed by atoms with Gasteiger partial charge in [0, 0.05) is 5.56 Å². The van der Waals surface area contributed by atoms with E-state index in [-0.39, 0.29) is 13.0 Å². The number of alkyl halides is 3. The van der Waals surface area contributed by atoms with Gasteiger partial charge in [0.25, 0.3) is 0 Å². The highest BCUT2D eigenvalue weighted by Gasteiger charge is 2.29. The van der Waals surface area contributed by atoms with Gasteiger partial charge in [-0.1, -0.05) is 56.3 Å². The molecule has 3 aromatic carbocycles. The minimum absolute atomic E-state index is 0.0908. The maximum absolute atomic E-state index is 12.7. The standard InChI is InChI=1S/C25H23F3O3/c1-16(2)19-6-8-20(9-7-19)22-13-18(14-24(29)30)5-12-23(22)31-15-17-3-10-21(11-4-17)25(26,27)28/h3-13,16H,14-15H2,1-2H3,(H,29,30). The van der Waals surface area contributed by atoms with Crippen LogP contribution in [-0.2, 0) is 24.0 Å². The number of carbonyl (C=O) groups is 1. The first-order chi connectivity index (χ1) is 14.6. The van der Waals surface area contributed by atoms with Crippen molar-refractivity contribution in [3.63, 3.8) is 0 Å². The first-order valence-electron chi connectivity index (χ1n) is 9.87. The van der Waals surface area contributed by atoms with E-state index < -0.39 is 17.7 Å². The fourth-order valence-electron chi connectivity index (χ4n) is 3.21. The van der Waals surface area contributed by atoms with E-state index in [4.69, 9.17) is 9.84 Å². The van der Waals surface area contributed by atoms with Gasteiger partial charge in [0.05, 0.1) is 12.0 Å². The predicted molar refractivity (Wildman–Crippen MR) is 113 cm³/mol. The summed E-state index contributed by atoms with van der Waals surface area (Å²) < 4.78 is 44.1.